The van der Waals surface area contributed by atoms with Crippen LogP contribution in [0.4, 0.5) is 0 Å². The van der Waals surface area contributed by atoms with Gasteiger partial charge in [-0.2, -0.15) is 0 Å². The monoisotopic (exact) mass is 268 g/mol. The third kappa shape index (κ3) is 3.14. The number of rotatable bonds is 6. The Hall–Kier alpha value is -1.82. The Morgan fingerprint density at radius 3 is 2.32 bits per heavy atom. The quantitative estimate of drug-likeness (QED) is 0.722. The third-order valence-corrected chi connectivity index (χ3v) is 3.02. The molecule has 0 bridgehead atoms. The molecule has 0 aliphatic carbocycles. The molecule has 0 radical (unpaired) electrons. The number of aliphatic hydroxyl groups excluding tert-OH is 1. The Kier molecular flexibility index (Phi) is 5.11. The number of aromatic amines is 1. The van der Waals surface area contributed by atoms with Crippen molar-refractivity contribution in [3.63, 3.8) is 0 Å². The predicted octanol–water partition coefficient (Wildman–Crippen LogP) is 1.17. The number of amides is 1. The minimum Gasteiger partial charge on any atom is -0.477 e. The number of carboxylic acid groups (broad SMARTS) is 1. The van der Waals surface area contributed by atoms with Gasteiger partial charge in [0.15, 0.2) is 0 Å². The lowest BCUT2D eigenvalue weighted by atomic mass is 10.1. The number of carbonyl (C=O) groups excluding carboxylic acids is 1. The maximum atomic E-state index is 12.4. The Balaban J connectivity index is 3.14. The summed E-state index contributed by atoms with van der Waals surface area (Å²) in [5, 5.41) is 18.0. The smallest absolute Gasteiger partial charge is 0.352 e. The van der Waals surface area contributed by atoms with Crippen LogP contribution in [0.3, 0.4) is 0 Å². The summed E-state index contributed by atoms with van der Waals surface area (Å²) >= 11 is 0. The summed E-state index contributed by atoms with van der Waals surface area (Å²) in [6.07, 6.45) is 0.778. The van der Waals surface area contributed by atoms with Gasteiger partial charge in [0.25, 0.3) is 5.91 Å². The number of nitrogens with one attached hydrogen (secondary N) is 1. The molecule has 0 saturated carbocycles. The normalized spacial score (nSPS) is 10.5. The second-order valence-corrected chi connectivity index (χ2v) is 4.45. The molecular formula is C13H20N2O4. The first-order chi connectivity index (χ1) is 8.93. The highest BCUT2D eigenvalue weighted by Gasteiger charge is 2.24. The van der Waals surface area contributed by atoms with Gasteiger partial charge >= 0.3 is 5.97 Å². The van der Waals surface area contributed by atoms with Crippen molar-refractivity contribution >= 4 is 11.9 Å². The van der Waals surface area contributed by atoms with Crippen molar-refractivity contribution in [3.05, 3.63) is 22.5 Å². The molecule has 0 atom stereocenters. The van der Waals surface area contributed by atoms with Crippen LogP contribution < -0.4 is 0 Å². The van der Waals surface area contributed by atoms with Crippen LogP contribution in [-0.4, -0.2) is 51.7 Å². The van der Waals surface area contributed by atoms with Crippen LogP contribution >= 0.6 is 0 Å². The third-order valence-electron chi connectivity index (χ3n) is 3.02. The highest BCUT2D eigenvalue weighted by Crippen LogP contribution is 2.20. The van der Waals surface area contributed by atoms with Crippen LogP contribution in [0.1, 0.15) is 45.4 Å². The number of aromatic carboxylic acids is 1. The number of H-pyrrole nitrogens is 1. The molecule has 1 rings (SSSR count). The average molecular weight is 268 g/mol. The summed E-state index contributed by atoms with van der Waals surface area (Å²) in [7, 11) is 0. The lowest BCUT2D eigenvalue weighted by molar-refractivity contribution is 0.0690. The molecular weight excluding hydrogens is 248 g/mol. The van der Waals surface area contributed by atoms with Gasteiger partial charge in [-0.25, -0.2) is 4.79 Å². The fraction of sp³-hybridized carbons (Fsp3) is 0.538. The van der Waals surface area contributed by atoms with Crippen molar-refractivity contribution in [1.29, 1.82) is 0 Å². The number of aromatic nitrogens is 1. The first-order valence-electron chi connectivity index (χ1n) is 6.26. The van der Waals surface area contributed by atoms with Crippen LogP contribution in [0.15, 0.2) is 0 Å². The maximum Gasteiger partial charge on any atom is 0.352 e. The van der Waals surface area contributed by atoms with Gasteiger partial charge in [-0.3, -0.25) is 4.79 Å². The van der Waals surface area contributed by atoms with Gasteiger partial charge in [0.1, 0.15) is 5.69 Å². The van der Waals surface area contributed by atoms with E-state index in [2.05, 4.69) is 4.98 Å². The summed E-state index contributed by atoms with van der Waals surface area (Å²) in [5.74, 6) is -1.32. The molecule has 1 heterocycles. The summed E-state index contributed by atoms with van der Waals surface area (Å²) in [6, 6.07) is 0. The van der Waals surface area contributed by atoms with Crippen molar-refractivity contribution in [2.24, 2.45) is 0 Å². The number of aliphatic hydroxyl groups is 1. The molecule has 0 aromatic carbocycles. The number of hydrogen-bond acceptors (Lipinski definition) is 3. The summed E-state index contributed by atoms with van der Waals surface area (Å²) in [6.45, 7) is 5.90. The number of aryl methyl sites for hydroxylation is 1. The van der Waals surface area contributed by atoms with Gasteiger partial charge in [0.05, 0.1) is 12.2 Å². The zero-order valence-electron chi connectivity index (χ0n) is 11.5. The van der Waals surface area contributed by atoms with Crippen molar-refractivity contribution in [2.45, 2.75) is 27.2 Å². The second kappa shape index (κ2) is 6.38. The molecule has 0 saturated heterocycles. The van der Waals surface area contributed by atoms with E-state index < -0.39 is 5.97 Å². The van der Waals surface area contributed by atoms with E-state index in [1.165, 1.54) is 4.90 Å². The molecule has 1 amide bonds. The fourth-order valence-corrected chi connectivity index (χ4v) is 2.15. The number of hydrogen-bond donors (Lipinski definition) is 3. The van der Waals surface area contributed by atoms with Gasteiger partial charge in [-0.1, -0.05) is 6.92 Å². The molecule has 0 aliphatic heterocycles. The summed E-state index contributed by atoms with van der Waals surface area (Å²) in [5.41, 5.74) is 1.41. The zero-order valence-corrected chi connectivity index (χ0v) is 11.5. The minimum atomic E-state index is -1.08. The Morgan fingerprint density at radius 2 is 1.89 bits per heavy atom. The first kappa shape index (κ1) is 15.2. The molecule has 0 aliphatic rings. The number of nitrogens with zero attached hydrogens (tertiary/aromatic N) is 1. The highest BCUT2D eigenvalue weighted by molar-refractivity contribution is 6.00. The van der Waals surface area contributed by atoms with Crippen molar-refractivity contribution < 1.29 is 19.8 Å². The van der Waals surface area contributed by atoms with E-state index in [1.807, 2.05) is 6.92 Å². The molecule has 1 aromatic rings. The molecule has 6 heteroatoms. The molecule has 1 aromatic heterocycles. The zero-order chi connectivity index (χ0) is 14.6. The van der Waals surface area contributed by atoms with Crippen molar-refractivity contribution in [2.75, 3.05) is 19.7 Å². The SMILES string of the molecule is CCCN(CCO)C(=O)c1c(C)[nH]c(C(=O)O)c1C. The topological polar surface area (TPSA) is 93.6 Å². The van der Waals surface area contributed by atoms with Gasteiger partial charge in [-0.15, -0.1) is 0 Å². The molecule has 0 fully saturated rings. The highest BCUT2D eigenvalue weighted by atomic mass is 16.4. The van der Waals surface area contributed by atoms with Crippen molar-refractivity contribution in [3.8, 4) is 0 Å². The number of carbonyl (C=O) groups is 2. The van der Waals surface area contributed by atoms with E-state index in [0.717, 1.165) is 6.42 Å². The molecule has 3 N–H and O–H groups in total. The molecule has 19 heavy (non-hydrogen) atoms. The van der Waals surface area contributed by atoms with Crippen LogP contribution in [-0.2, 0) is 0 Å². The van der Waals surface area contributed by atoms with Gasteiger partial charge in [-0.05, 0) is 25.8 Å². The largest absolute Gasteiger partial charge is 0.477 e. The van der Waals surface area contributed by atoms with Gasteiger partial charge in [0.2, 0.25) is 0 Å². The summed E-state index contributed by atoms with van der Waals surface area (Å²) in [4.78, 5) is 27.7. The predicted molar refractivity (Wildman–Crippen MR) is 70.5 cm³/mol. The van der Waals surface area contributed by atoms with Crippen LogP contribution in [0, 0.1) is 13.8 Å². The molecule has 106 valence electrons. The molecule has 0 unspecified atom stereocenters. The van der Waals surface area contributed by atoms with Gasteiger partial charge < -0.3 is 20.1 Å². The second-order valence-electron chi connectivity index (χ2n) is 4.45. The van der Waals surface area contributed by atoms with Crippen molar-refractivity contribution in [1.82, 2.24) is 9.88 Å². The van der Waals surface area contributed by atoms with Crippen LogP contribution in [0.25, 0.3) is 0 Å². The Labute approximate surface area is 112 Å². The lowest BCUT2D eigenvalue weighted by Crippen LogP contribution is -2.34. The van der Waals surface area contributed by atoms with E-state index in [0.29, 0.717) is 23.4 Å². The first-order valence-corrected chi connectivity index (χ1v) is 6.26. The van der Waals surface area contributed by atoms with E-state index in [4.69, 9.17) is 10.2 Å². The average Bonchev–Trinajstić information content (AvgIpc) is 2.64. The van der Waals surface area contributed by atoms with Gasteiger partial charge in [0, 0.05) is 18.8 Å². The fourth-order valence-electron chi connectivity index (χ4n) is 2.15. The van der Waals surface area contributed by atoms with E-state index in [-0.39, 0.29) is 24.8 Å². The molecule has 0 spiro atoms. The Bertz CT molecular complexity index is 473. The van der Waals surface area contributed by atoms with E-state index in [9.17, 15) is 9.59 Å². The minimum absolute atomic E-state index is 0.0429. The number of carboxylic acids is 1. The van der Waals surface area contributed by atoms with E-state index >= 15 is 0 Å². The summed E-state index contributed by atoms with van der Waals surface area (Å²) < 4.78 is 0. The van der Waals surface area contributed by atoms with E-state index in [1.54, 1.807) is 13.8 Å². The lowest BCUT2D eigenvalue weighted by Gasteiger charge is -2.21. The maximum absolute atomic E-state index is 12.4. The van der Waals surface area contributed by atoms with Crippen LogP contribution in [0.5, 0.6) is 0 Å². The molecule has 6 nitrogen and oxygen atoms in total. The standard InChI is InChI=1S/C13H20N2O4/c1-4-5-15(6-7-16)12(17)10-8(2)11(13(18)19)14-9(10)3/h14,16H,4-7H2,1-3H3,(H,18,19). The Morgan fingerprint density at radius 1 is 1.26 bits per heavy atom. The van der Waals surface area contributed by atoms with Crippen LogP contribution in [0.2, 0.25) is 0 Å².